The molecule has 3 aromatic rings. The first-order valence-electron chi connectivity index (χ1n) is 10.0. The first-order valence-corrected chi connectivity index (χ1v) is 10.9. The summed E-state index contributed by atoms with van der Waals surface area (Å²) in [5.41, 5.74) is 1.62. The third kappa shape index (κ3) is 5.31. The molecular weight excluding hydrogens is 428 g/mol. The first kappa shape index (κ1) is 23.4. The lowest BCUT2D eigenvalue weighted by Crippen LogP contribution is -2.12. The number of hydrogen-bond donors (Lipinski definition) is 1. The Balaban J connectivity index is 1.92. The highest BCUT2D eigenvalue weighted by Gasteiger charge is 2.24. The van der Waals surface area contributed by atoms with E-state index in [0.29, 0.717) is 41.2 Å². The zero-order valence-corrected chi connectivity index (χ0v) is 20.0. The van der Waals surface area contributed by atoms with Gasteiger partial charge in [-0.2, -0.15) is 0 Å². The van der Waals surface area contributed by atoms with Crippen LogP contribution in [0.5, 0.6) is 0 Å². The molecule has 1 N–H and O–H groups in total. The van der Waals surface area contributed by atoms with Crippen LogP contribution in [0.1, 0.15) is 31.0 Å². The second kappa shape index (κ2) is 10.4. The predicted molar refractivity (Wildman–Crippen MR) is 126 cm³/mol. The van der Waals surface area contributed by atoms with Crippen LogP contribution in [0, 0.1) is 13.8 Å². The summed E-state index contributed by atoms with van der Waals surface area (Å²) in [6.07, 6.45) is 4.34. The van der Waals surface area contributed by atoms with Gasteiger partial charge in [0.2, 0.25) is 11.8 Å². The van der Waals surface area contributed by atoms with E-state index < -0.39 is 0 Å². The average Bonchev–Trinajstić information content (AvgIpc) is 3.39. The number of aromatic nitrogens is 5. The van der Waals surface area contributed by atoms with Crippen LogP contribution in [-0.2, 0) is 15.9 Å². The van der Waals surface area contributed by atoms with Gasteiger partial charge < -0.3 is 13.9 Å². The Morgan fingerprint density at radius 3 is 2.50 bits per heavy atom. The van der Waals surface area contributed by atoms with E-state index in [9.17, 15) is 0 Å². The molecule has 0 spiro atoms. The number of ether oxygens (including phenoxy) is 2. The van der Waals surface area contributed by atoms with Gasteiger partial charge in [-0.05, 0) is 50.4 Å². The van der Waals surface area contributed by atoms with Gasteiger partial charge in [-0.1, -0.05) is 13.5 Å². The molecule has 0 aromatic carbocycles. The fourth-order valence-electron chi connectivity index (χ4n) is 2.93. The largest absolute Gasteiger partial charge is 0.499 e. The van der Waals surface area contributed by atoms with Crippen molar-refractivity contribution in [3.05, 3.63) is 59.8 Å². The first-order chi connectivity index (χ1) is 15.3. The molecule has 32 heavy (non-hydrogen) atoms. The molecule has 0 fully saturated rings. The Hall–Kier alpha value is -3.27. The van der Waals surface area contributed by atoms with Crippen molar-refractivity contribution in [3.63, 3.8) is 0 Å². The van der Waals surface area contributed by atoms with Gasteiger partial charge in [0.05, 0.1) is 14.2 Å². The summed E-state index contributed by atoms with van der Waals surface area (Å²) in [7, 11) is 3.14. The molecule has 0 radical (unpaired) electrons. The van der Waals surface area contributed by atoms with Crippen LogP contribution in [0.25, 0.3) is 17.3 Å². The van der Waals surface area contributed by atoms with Crippen molar-refractivity contribution in [1.82, 2.24) is 24.7 Å². The molecule has 3 heterocycles. The molecule has 0 bridgehead atoms. The summed E-state index contributed by atoms with van der Waals surface area (Å²) in [5, 5.41) is 8.87. The van der Waals surface area contributed by atoms with Crippen LogP contribution in [-0.4, -0.2) is 44.2 Å². The standard InChI is InChI=1S/C22H28N6O3S/c1-13-11-23-19(24-12-13)10-15(3)32-27-22-26-25-21(18-9-8-14(2)31-18)28(22)20(16(4)29-6)17(5)30-7/h8-9,11-12,15H,4,10H2,1-3,5-7H3,(H,26,27)/b20-17-. The second-order valence-electron chi connectivity index (χ2n) is 7.24. The van der Waals surface area contributed by atoms with Crippen LogP contribution >= 0.6 is 11.9 Å². The van der Waals surface area contributed by atoms with Crippen LogP contribution in [0.15, 0.2) is 47.0 Å². The molecule has 10 heteroatoms. The zero-order chi connectivity index (χ0) is 23.3. The summed E-state index contributed by atoms with van der Waals surface area (Å²) in [5.74, 6) is 4.11. The number of aryl methyl sites for hydroxylation is 2. The SMILES string of the molecule is C=C(OC)/C(=C(\C)OC)n1c(NSC(C)Cc2ncc(C)cn2)nnc1-c1ccc(C)o1. The van der Waals surface area contributed by atoms with Crippen molar-refractivity contribution < 1.29 is 13.9 Å². The Morgan fingerprint density at radius 1 is 1.19 bits per heavy atom. The van der Waals surface area contributed by atoms with Crippen molar-refractivity contribution in [1.29, 1.82) is 0 Å². The maximum Gasteiger partial charge on any atom is 0.239 e. The Kier molecular flexibility index (Phi) is 7.57. The summed E-state index contributed by atoms with van der Waals surface area (Å²) in [6.45, 7) is 11.8. The topological polar surface area (TPSA) is 100 Å². The maximum atomic E-state index is 5.81. The molecule has 0 saturated heterocycles. The number of anilines is 1. The Morgan fingerprint density at radius 2 is 1.91 bits per heavy atom. The molecule has 1 unspecified atom stereocenters. The fraction of sp³-hybridized carbons (Fsp3) is 0.364. The second-order valence-corrected chi connectivity index (χ2v) is 8.48. The van der Waals surface area contributed by atoms with E-state index in [1.54, 1.807) is 18.8 Å². The lowest BCUT2D eigenvalue weighted by atomic mass is 10.3. The van der Waals surface area contributed by atoms with Crippen LogP contribution in [0.4, 0.5) is 5.95 Å². The highest BCUT2D eigenvalue weighted by atomic mass is 32.2. The van der Waals surface area contributed by atoms with E-state index in [1.165, 1.54) is 11.9 Å². The Labute approximate surface area is 192 Å². The van der Waals surface area contributed by atoms with Crippen LogP contribution in [0.2, 0.25) is 0 Å². The highest BCUT2D eigenvalue weighted by molar-refractivity contribution is 8.01. The van der Waals surface area contributed by atoms with Crippen molar-refractivity contribution in [2.24, 2.45) is 0 Å². The molecule has 170 valence electrons. The molecule has 0 aliphatic heterocycles. The average molecular weight is 457 g/mol. The lowest BCUT2D eigenvalue weighted by Gasteiger charge is -2.18. The molecule has 3 aromatic heterocycles. The Bertz CT molecular complexity index is 1100. The smallest absolute Gasteiger partial charge is 0.239 e. The molecule has 0 aliphatic rings. The number of nitrogens with zero attached hydrogens (tertiary/aromatic N) is 5. The molecule has 0 amide bonds. The highest BCUT2D eigenvalue weighted by Crippen LogP contribution is 2.32. The summed E-state index contributed by atoms with van der Waals surface area (Å²) in [4.78, 5) is 8.77. The fourth-order valence-corrected chi connectivity index (χ4v) is 3.60. The minimum Gasteiger partial charge on any atom is -0.499 e. The molecular formula is C22H28N6O3S. The number of furan rings is 1. The van der Waals surface area contributed by atoms with Crippen LogP contribution < -0.4 is 4.72 Å². The normalized spacial score (nSPS) is 12.8. The number of allylic oxidation sites excluding steroid dienone is 2. The third-order valence-electron chi connectivity index (χ3n) is 4.65. The predicted octanol–water partition coefficient (Wildman–Crippen LogP) is 4.63. The summed E-state index contributed by atoms with van der Waals surface area (Å²) >= 11 is 1.49. The van der Waals surface area contributed by atoms with Gasteiger partial charge in [-0.25, -0.2) is 9.97 Å². The molecule has 0 saturated carbocycles. The quantitative estimate of drug-likeness (QED) is 0.266. The number of hydrogen-bond acceptors (Lipinski definition) is 9. The number of nitrogens with one attached hydrogen (secondary N) is 1. The van der Waals surface area contributed by atoms with E-state index in [2.05, 4.69) is 38.4 Å². The van der Waals surface area contributed by atoms with E-state index in [0.717, 1.165) is 17.1 Å². The maximum absolute atomic E-state index is 5.81. The van der Waals surface area contributed by atoms with Gasteiger partial charge in [0.1, 0.15) is 28.8 Å². The van der Waals surface area contributed by atoms with Gasteiger partial charge in [-0.15, -0.1) is 10.2 Å². The number of rotatable bonds is 10. The van der Waals surface area contributed by atoms with Crippen molar-refractivity contribution in [3.8, 4) is 11.6 Å². The molecule has 0 aliphatic carbocycles. The van der Waals surface area contributed by atoms with E-state index in [-0.39, 0.29) is 5.25 Å². The third-order valence-corrected chi connectivity index (χ3v) is 5.52. The van der Waals surface area contributed by atoms with Crippen LogP contribution in [0.3, 0.4) is 0 Å². The van der Waals surface area contributed by atoms with E-state index >= 15 is 0 Å². The minimum atomic E-state index is 0.166. The summed E-state index contributed by atoms with van der Waals surface area (Å²) < 4.78 is 21.8. The lowest BCUT2D eigenvalue weighted by molar-refractivity contribution is 0.279. The van der Waals surface area contributed by atoms with Gasteiger partial charge in [0.15, 0.2) is 5.76 Å². The minimum absolute atomic E-state index is 0.166. The molecule has 3 rings (SSSR count). The van der Waals surface area contributed by atoms with Crippen molar-refractivity contribution in [2.45, 2.75) is 39.4 Å². The zero-order valence-electron chi connectivity index (χ0n) is 19.2. The van der Waals surface area contributed by atoms with Gasteiger partial charge in [0, 0.05) is 24.1 Å². The van der Waals surface area contributed by atoms with Gasteiger partial charge in [0.25, 0.3) is 0 Å². The summed E-state index contributed by atoms with van der Waals surface area (Å²) in [6, 6.07) is 3.72. The number of methoxy groups -OCH3 is 2. The van der Waals surface area contributed by atoms with Crippen molar-refractivity contribution in [2.75, 3.05) is 18.9 Å². The molecule has 9 nitrogen and oxygen atoms in total. The molecule has 1 atom stereocenters. The monoisotopic (exact) mass is 456 g/mol. The van der Waals surface area contributed by atoms with E-state index in [1.807, 2.05) is 45.3 Å². The van der Waals surface area contributed by atoms with Gasteiger partial charge >= 0.3 is 0 Å². The van der Waals surface area contributed by atoms with Crippen molar-refractivity contribution >= 4 is 23.6 Å². The van der Waals surface area contributed by atoms with E-state index in [4.69, 9.17) is 13.9 Å². The van der Waals surface area contributed by atoms with Gasteiger partial charge in [-0.3, -0.25) is 9.29 Å².